The van der Waals surface area contributed by atoms with E-state index in [1.54, 1.807) is 18.4 Å². The Morgan fingerprint density at radius 3 is 2.78 bits per heavy atom. The van der Waals surface area contributed by atoms with Gasteiger partial charge in [0.05, 0.1) is 29.0 Å². The van der Waals surface area contributed by atoms with E-state index in [0.29, 0.717) is 5.16 Å². The molecule has 0 amide bonds. The Hall–Kier alpha value is -2.30. The molecule has 0 unspecified atom stereocenters. The van der Waals surface area contributed by atoms with Gasteiger partial charge in [0.25, 0.3) is 0 Å². The highest BCUT2D eigenvalue weighted by molar-refractivity contribution is 8.00. The van der Waals surface area contributed by atoms with E-state index in [9.17, 15) is 0 Å². The second-order valence-electron chi connectivity index (χ2n) is 4.68. The molecule has 2 heterocycles. The van der Waals surface area contributed by atoms with Crippen LogP contribution in [-0.4, -0.2) is 27.1 Å². The largest absolute Gasteiger partial charge is 0.495 e. The number of ether oxygens (including phenoxy) is 1. The van der Waals surface area contributed by atoms with Crippen LogP contribution in [0, 0.1) is 11.3 Å². The molecule has 0 bridgehead atoms. The summed E-state index contributed by atoms with van der Waals surface area (Å²) in [5.41, 5.74) is 0.857. The number of hydrogen-bond donors (Lipinski definition) is 0. The number of hydrogen-bond acceptors (Lipinski definition) is 6. The first kappa shape index (κ1) is 15.6. The first-order valence-corrected chi connectivity index (χ1v) is 8.69. The molecule has 1 atom stereocenters. The van der Waals surface area contributed by atoms with E-state index >= 15 is 0 Å². The summed E-state index contributed by atoms with van der Waals surface area (Å²) in [5, 5.41) is 20.2. The van der Waals surface area contributed by atoms with Crippen LogP contribution in [-0.2, 0) is 0 Å². The maximum atomic E-state index is 9.10. The van der Waals surface area contributed by atoms with E-state index in [-0.39, 0.29) is 5.25 Å². The fraction of sp³-hybridized carbons (Fsp3) is 0.188. The molecule has 0 saturated carbocycles. The lowest BCUT2D eigenvalue weighted by Crippen LogP contribution is -2.03. The summed E-state index contributed by atoms with van der Waals surface area (Å²) in [4.78, 5) is 1.01. The van der Waals surface area contributed by atoms with Crippen molar-refractivity contribution in [1.29, 1.82) is 5.26 Å². The number of rotatable bonds is 5. The molecule has 0 aliphatic carbocycles. The minimum atomic E-state index is -0.219. The highest BCUT2D eigenvalue weighted by Gasteiger charge is 2.20. The fourth-order valence-corrected chi connectivity index (χ4v) is 3.57. The van der Waals surface area contributed by atoms with E-state index < -0.39 is 0 Å². The zero-order chi connectivity index (χ0) is 16.2. The van der Waals surface area contributed by atoms with Crippen LogP contribution in [0.15, 0.2) is 46.9 Å². The number of thiophene rings is 1. The lowest BCUT2D eigenvalue weighted by molar-refractivity contribution is 0.412. The Kier molecular flexibility index (Phi) is 4.65. The summed E-state index contributed by atoms with van der Waals surface area (Å²) >= 11 is 2.98. The van der Waals surface area contributed by atoms with Gasteiger partial charge in [0, 0.05) is 0 Å². The van der Waals surface area contributed by atoms with Gasteiger partial charge in [0.15, 0.2) is 11.0 Å². The molecule has 0 aliphatic heterocycles. The summed E-state index contributed by atoms with van der Waals surface area (Å²) in [7, 11) is 1.64. The first-order chi connectivity index (χ1) is 11.2. The first-order valence-electron chi connectivity index (χ1n) is 6.93. The van der Waals surface area contributed by atoms with Crippen molar-refractivity contribution in [2.24, 2.45) is 0 Å². The lowest BCUT2D eigenvalue weighted by Gasteiger charge is -2.13. The van der Waals surface area contributed by atoms with Gasteiger partial charge in [-0.15, -0.1) is 21.5 Å². The third kappa shape index (κ3) is 3.09. The number of benzene rings is 1. The zero-order valence-corrected chi connectivity index (χ0v) is 14.3. The summed E-state index contributed by atoms with van der Waals surface area (Å²) < 4.78 is 7.43. The molecule has 116 valence electrons. The minimum Gasteiger partial charge on any atom is -0.495 e. The molecule has 3 aromatic rings. The standard InChI is InChI=1S/C16H14N4OS2/c1-11(10-17)23-16-19-18-15(14-8-5-9-22-14)20(16)12-6-3-4-7-13(12)21-2/h3-9,11H,1-2H3/t11-/m1/s1. The maximum absolute atomic E-state index is 9.10. The Morgan fingerprint density at radius 2 is 2.09 bits per heavy atom. The van der Waals surface area contributed by atoms with Gasteiger partial charge in [0.2, 0.25) is 0 Å². The molecule has 3 rings (SSSR count). The number of thioether (sulfide) groups is 1. The molecule has 0 aliphatic rings. The van der Waals surface area contributed by atoms with Gasteiger partial charge in [-0.1, -0.05) is 30.0 Å². The number of para-hydroxylation sites is 2. The van der Waals surface area contributed by atoms with Crippen LogP contribution in [0.1, 0.15) is 6.92 Å². The van der Waals surface area contributed by atoms with Gasteiger partial charge in [-0.3, -0.25) is 4.57 Å². The smallest absolute Gasteiger partial charge is 0.197 e. The van der Waals surface area contributed by atoms with Gasteiger partial charge in [0.1, 0.15) is 5.75 Å². The molecule has 0 N–H and O–H groups in total. The number of aromatic nitrogens is 3. The second kappa shape index (κ2) is 6.86. The van der Waals surface area contributed by atoms with Crippen LogP contribution in [0.4, 0.5) is 0 Å². The summed E-state index contributed by atoms with van der Waals surface area (Å²) in [6.45, 7) is 1.84. The highest BCUT2D eigenvalue weighted by atomic mass is 32.2. The van der Waals surface area contributed by atoms with Gasteiger partial charge in [-0.2, -0.15) is 5.26 Å². The Morgan fingerprint density at radius 1 is 1.26 bits per heavy atom. The zero-order valence-electron chi connectivity index (χ0n) is 12.6. The molecule has 0 fully saturated rings. The quantitative estimate of drug-likeness (QED) is 0.656. The highest BCUT2D eigenvalue weighted by Crippen LogP contribution is 2.34. The molecule has 7 heteroatoms. The van der Waals surface area contributed by atoms with Crippen molar-refractivity contribution in [2.45, 2.75) is 17.3 Å². The molecule has 0 radical (unpaired) electrons. The van der Waals surface area contributed by atoms with Crippen molar-refractivity contribution in [3.63, 3.8) is 0 Å². The van der Waals surface area contributed by atoms with E-state index in [4.69, 9.17) is 10.00 Å². The van der Waals surface area contributed by atoms with Crippen molar-refractivity contribution < 1.29 is 4.74 Å². The third-order valence-corrected chi connectivity index (χ3v) is 4.96. The van der Waals surface area contributed by atoms with Crippen molar-refractivity contribution in [3.8, 4) is 28.2 Å². The van der Waals surface area contributed by atoms with Gasteiger partial charge in [-0.05, 0) is 30.5 Å². The SMILES string of the molecule is COc1ccccc1-n1c(S[C@H](C)C#N)nnc1-c1cccs1. The van der Waals surface area contributed by atoms with Crippen LogP contribution in [0.5, 0.6) is 5.75 Å². The average molecular weight is 342 g/mol. The molecule has 23 heavy (non-hydrogen) atoms. The predicted molar refractivity (Wildman–Crippen MR) is 92.2 cm³/mol. The molecular formula is C16H14N4OS2. The lowest BCUT2D eigenvalue weighted by atomic mass is 10.3. The van der Waals surface area contributed by atoms with Crippen molar-refractivity contribution in [2.75, 3.05) is 7.11 Å². The molecule has 2 aromatic heterocycles. The normalized spacial score (nSPS) is 11.9. The summed E-state index contributed by atoms with van der Waals surface area (Å²) in [6.07, 6.45) is 0. The van der Waals surface area contributed by atoms with Crippen LogP contribution in [0.25, 0.3) is 16.4 Å². The predicted octanol–water partition coefficient (Wildman–Crippen LogP) is 4.01. The molecule has 0 saturated heterocycles. The number of nitrogens with zero attached hydrogens (tertiary/aromatic N) is 4. The van der Waals surface area contributed by atoms with E-state index in [0.717, 1.165) is 22.1 Å². The summed E-state index contributed by atoms with van der Waals surface area (Å²) in [5.74, 6) is 1.48. The summed E-state index contributed by atoms with van der Waals surface area (Å²) in [6, 6.07) is 13.9. The Balaban J connectivity index is 2.19. The topological polar surface area (TPSA) is 63.7 Å². The Labute approximate surface area is 142 Å². The second-order valence-corrected chi connectivity index (χ2v) is 6.94. The molecular weight excluding hydrogens is 328 g/mol. The van der Waals surface area contributed by atoms with E-state index in [2.05, 4.69) is 16.3 Å². The average Bonchev–Trinajstić information content (AvgIpc) is 3.24. The van der Waals surface area contributed by atoms with Crippen molar-refractivity contribution >= 4 is 23.1 Å². The molecule has 0 spiro atoms. The van der Waals surface area contributed by atoms with Crippen LogP contribution >= 0.6 is 23.1 Å². The monoisotopic (exact) mass is 342 g/mol. The van der Waals surface area contributed by atoms with Gasteiger partial charge < -0.3 is 4.74 Å². The van der Waals surface area contributed by atoms with Crippen LogP contribution in [0.2, 0.25) is 0 Å². The van der Waals surface area contributed by atoms with E-state index in [1.807, 2.05) is 53.3 Å². The maximum Gasteiger partial charge on any atom is 0.197 e. The van der Waals surface area contributed by atoms with Gasteiger partial charge >= 0.3 is 0 Å². The van der Waals surface area contributed by atoms with E-state index in [1.165, 1.54) is 11.8 Å². The molecule has 1 aromatic carbocycles. The van der Waals surface area contributed by atoms with Crippen LogP contribution in [0.3, 0.4) is 0 Å². The van der Waals surface area contributed by atoms with Crippen molar-refractivity contribution in [3.05, 3.63) is 41.8 Å². The number of methoxy groups -OCH3 is 1. The fourth-order valence-electron chi connectivity index (χ4n) is 2.13. The third-order valence-electron chi connectivity index (χ3n) is 3.16. The Bertz CT molecular complexity index is 836. The minimum absolute atomic E-state index is 0.219. The molecule has 5 nitrogen and oxygen atoms in total. The van der Waals surface area contributed by atoms with Gasteiger partial charge in [-0.25, -0.2) is 0 Å². The van der Waals surface area contributed by atoms with Crippen LogP contribution < -0.4 is 4.74 Å². The number of nitriles is 1. The van der Waals surface area contributed by atoms with Crippen molar-refractivity contribution in [1.82, 2.24) is 14.8 Å².